The van der Waals surface area contributed by atoms with Crippen LogP contribution in [0.3, 0.4) is 0 Å². The topological polar surface area (TPSA) is 59.1 Å². The summed E-state index contributed by atoms with van der Waals surface area (Å²) in [4.78, 5) is 4.46. The summed E-state index contributed by atoms with van der Waals surface area (Å²) in [7, 11) is -3.76. The number of rotatable bonds is 4. The van der Waals surface area contributed by atoms with Gasteiger partial charge in [0.25, 0.3) is 10.0 Å². The summed E-state index contributed by atoms with van der Waals surface area (Å²) in [6.07, 6.45) is 0. The molecule has 0 spiro atoms. The SMILES string of the molecule is O=S(=O)(Nc1ccc2ccccc2n1)c1ccc(-c2ccc(F)cc2)cc1. The first-order valence-corrected chi connectivity index (χ1v) is 9.74. The molecule has 6 heteroatoms. The molecule has 4 rings (SSSR count). The monoisotopic (exact) mass is 378 g/mol. The van der Waals surface area contributed by atoms with Crippen molar-refractivity contribution in [1.82, 2.24) is 4.98 Å². The normalized spacial score (nSPS) is 11.4. The van der Waals surface area contributed by atoms with Crippen LogP contribution in [0.4, 0.5) is 10.2 Å². The van der Waals surface area contributed by atoms with Crippen molar-refractivity contribution in [2.75, 3.05) is 4.72 Å². The molecule has 0 amide bonds. The number of nitrogens with zero attached hydrogens (tertiary/aromatic N) is 1. The minimum Gasteiger partial charge on any atom is -0.263 e. The molecule has 0 saturated carbocycles. The first-order valence-electron chi connectivity index (χ1n) is 8.26. The molecule has 0 radical (unpaired) electrons. The zero-order valence-corrected chi connectivity index (χ0v) is 14.9. The molecule has 4 nitrogen and oxygen atoms in total. The highest BCUT2D eigenvalue weighted by atomic mass is 32.2. The van der Waals surface area contributed by atoms with Crippen LogP contribution in [0.2, 0.25) is 0 Å². The Labute approximate surface area is 156 Å². The Morgan fingerprint density at radius 2 is 1.37 bits per heavy atom. The van der Waals surface area contributed by atoms with Crippen LogP contribution in [0.5, 0.6) is 0 Å². The molecule has 27 heavy (non-hydrogen) atoms. The van der Waals surface area contributed by atoms with Gasteiger partial charge < -0.3 is 0 Å². The van der Waals surface area contributed by atoms with Gasteiger partial charge in [0.15, 0.2) is 0 Å². The average Bonchev–Trinajstić information content (AvgIpc) is 2.68. The van der Waals surface area contributed by atoms with E-state index < -0.39 is 10.0 Å². The zero-order valence-electron chi connectivity index (χ0n) is 14.1. The van der Waals surface area contributed by atoms with Crippen molar-refractivity contribution < 1.29 is 12.8 Å². The number of fused-ring (bicyclic) bond motifs is 1. The number of sulfonamides is 1. The molecule has 0 atom stereocenters. The molecule has 1 N–H and O–H groups in total. The van der Waals surface area contributed by atoms with Crippen molar-refractivity contribution >= 4 is 26.7 Å². The fourth-order valence-electron chi connectivity index (χ4n) is 2.79. The van der Waals surface area contributed by atoms with Gasteiger partial charge in [0.1, 0.15) is 11.6 Å². The number of halogens is 1. The first-order chi connectivity index (χ1) is 13.0. The van der Waals surface area contributed by atoms with E-state index in [-0.39, 0.29) is 16.5 Å². The highest BCUT2D eigenvalue weighted by molar-refractivity contribution is 7.92. The van der Waals surface area contributed by atoms with E-state index in [2.05, 4.69) is 9.71 Å². The van der Waals surface area contributed by atoms with E-state index in [0.717, 1.165) is 16.5 Å². The summed E-state index contributed by atoms with van der Waals surface area (Å²) < 4.78 is 40.8. The van der Waals surface area contributed by atoms with Gasteiger partial charge in [-0.15, -0.1) is 0 Å². The quantitative estimate of drug-likeness (QED) is 0.553. The van der Waals surface area contributed by atoms with Crippen molar-refractivity contribution in [2.24, 2.45) is 0 Å². The van der Waals surface area contributed by atoms with Crippen LogP contribution in [0.15, 0.2) is 89.8 Å². The number of pyridine rings is 1. The molecular weight excluding hydrogens is 363 g/mol. The minimum absolute atomic E-state index is 0.128. The molecule has 3 aromatic carbocycles. The van der Waals surface area contributed by atoms with Gasteiger partial charge >= 0.3 is 0 Å². The summed E-state index contributed by atoms with van der Waals surface area (Å²) in [6.45, 7) is 0. The number of benzene rings is 3. The van der Waals surface area contributed by atoms with Crippen LogP contribution in [0.25, 0.3) is 22.0 Å². The molecule has 0 aliphatic carbocycles. The molecule has 4 aromatic rings. The van der Waals surface area contributed by atoms with Gasteiger partial charge in [0, 0.05) is 5.39 Å². The van der Waals surface area contributed by atoms with Crippen molar-refractivity contribution in [3.8, 4) is 11.1 Å². The maximum atomic E-state index is 13.0. The second-order valence-electron chi connectivity index (χ2n) is 6.03. The van der Waals surface area contributed by atoms with Crippen LogP contribution in [-0.2, 0) is 10.0 Å². The van der Waals surface area contributed by atoms with Crippen LogP contribution < -0.4 is 4.72 Å². The van der Waals surface area contributed by atoms with Gasteiger partial charge in [-0.2, -0.15) is 0 Å². The Bertz CT molecular complexity index is 1210. The number of aromatic nitrogens is 1. The lowest BCUT2D eigenvalue weighted by Crippen LogP contribution is -2.13. The Morgan fingerprint density at radius 3 is 2.07 bits per heavy atom. The number of para-hydroxylation sites is 1. The van der Waals surface area contributed by atoms with E-state index in [1.54, 1.807) is 30.3 Å². The predicted octanol–water partition coefficient (Wildman–Crippen LogP) is 4.84. The third-order valence-corrected chi connectivity index (χ3v) is 5.55. The molecule has 0 aliphatic heterocycles. The van der Waals surface area contributed by atoms with Gasteiger partial charge in [-0.1, -0.05) is 42.5 Å². The molecule has 0 bridgehead atoms. The highest BCUT2D eigenvalue weighted by Gasteiger charge is 2.15. The second kappa shape index (κ2) is 6.81. The molecule has 1 aromatic heterocycles. The molecule has 0 unspecified atom stereocenters. The van der Waals surface area contributed by atoms with Gasteiger partial charge in [0.05, 0.1) is 10.4 Å². The van der Waals surface area contributed by atoms with Crippen LogP contribution in [0, 0.1) is 5.82 Å². The van der Waals surface area contributed by atoms with Gasteiger partial charge in [0.2, 0.25) is 0 Å². The lowest BCUT2D eigenvalue weighted by molar-refractivity contribution is 0.601. The van der Waals surface area contributed by atoms with E-state index in [1.807, 2.05) is 30.3 Å². The molecule has 1 heterocycles. The zero-order chi connectivity index (χ0) is 18.9. The number of anilines is 1. The summed E-state index contributed by atoms with van der Waals surface area (Å²) in [5.41, 5.74) is 2.33. The maximum absolute atomic E-state index is 13.0. The van der Waals surface area contributed by atoms with E-state index in [9.17, 15) is 12.8 Å². The number of hydrogen-bond donors (Lipinski definition) is 1. The Hall–Kier alpha value is -3.25. The minimum atomic E-state index is -3.76. The van der Waals surface area contributed by atoms with E-state index >= 15 is 0 Å². The standard InChI is InChI=1S/C21H15FN2O2S/c22-18-10-5-15(6-11-18)16-7-12-19(13-8-16)27(25,26)24-21-14-9-17-3-1-2-4-20(17)23-21/h1-14H,(H,23,24). The third kappa shape index (κ3) is 3.66. The van der Waals surface area contributed by atoms with E-state index in [1.165, 1.54) is 24.3 Å². The Morgan fingerprint density at radius 1 is 0.741 bits per heavy atom. The van der Waals surface area contributed by atoms with Crippen LogP contribution >= 0.6 is 0 Å². The van der Waals surface area contributed by atoms with Crippen molar-refractivity contribution in [3.05, 3.63) is 90.7 Å². The van der Waals surface area contributed by atoms with Gasteiger partial charge in [-0.25, -0.2) is 17.8 Å². The largest absolute Gasteiger partial charge is 0.263 e. The molecule has 0 fully saturated rings. The molecule has 0 aliphatic rings. The molecule has 0 saturated heterocycles. The Kier molecular flexibility index (Phi) is 4.33. The maximum Gasteiger partial charge on any atom is 0.263 e. The van der Waals surface area contributed by atoms with Crippen molar-refractivity contribution in [3.63, 3.8) is 0 Å². The highest BCUT2D eigenvalue weighted by Crippen LogP contribution is 2.23. The van der Waals surface area contributed by atoms with E-state index in [0.29, 0.717) is 5.52 Å². The first kappa shape index (κ1) is 17.2. The van der Waals surface area contributed by atoms with Gasteiger partial charge in [-0.05, 0) is 53.6 Å². The van der Waals surface area contributed by atoms with Crippen LogP contribution in [0.1, 0.15) is 0 Å². The Balaban J connectivity index is 1.60. The number of hydrogen-bond acceptors (Lipinski definition) is 3. The predicted molar refractivity (Wildman–Crippen MR) is 104 cm³/mol. The second-order valence-corrected chi connectivity index (χ2v) is 7.71. The molecular formula is C21H15FN2O2S. The fourth-order valence-corrected chi connectivity index (χ4v) is 3.79. The molecule has 134 valence electrons. The van der Waals surface area contributed by atoms with Crippen molar-refractivity contribution in [1.29, 1.82) is 0 Å². The van der Waals surface area contributed by atoms with Crippen molar-refractivity contribution in [2.45, 2.75) is 4.90 Å². The summed E-state index contributed by atoms with van der Waals surface area (Å²) in [5.74, 6) is -0.0543. The lowest BCUT2D eigenvalue weighted by atomic mass is 10.1. The summed E-state index contributed by atoms with van der Waals surface area (Å²) in [6, 6.07) is 23.4. The lowest BCUT2D eigenvalue weighted by Gasteiger charge is -2.09. The number of nitrogens with one attached hydrogen (secondary N) is 1. The smallest absolute Gasteiger partial charge is 0.263 e. The van der Waals surface area contributed by atoms with Gasteiger partial charge in [-0.3, -0.25) is 4.72 Å². The summed E-state index contributed by atoms with van der Waals surface area (Å²) in [5, 5.41) is 0.934. The average molecular weight is 378 g/mol. The fraction of sp³-hybridized carbons (Fsp3) is 0. The van der Waals surface area contributed by atoms with Crippen LogP contribution in [-0.4, -0.2) is 13.4 Å². The third-order valence-electron chi connectivity index (χ3n) is 4.18. The van der Waals surface area contributed by atoms with E-state index in [4.69, 9.17) is 0 Å². The summed E-state index contributed by atoms with van der Waals surface area (Å²) >= 11 is 0.